The predicted octanol–water partition coefficient (Wildman–Crippen LogP) is 3.97. The van der Waals surface area contributed by atoms with Gasteiger partial charge in [-0.15, -0.1) is 0 Å². The van der Waals surface area contributed by atoms with Crippen molar-refractivity contribution in [3.05, 3.63) is 68.6 Å². The van der Waals surface area contributed by atoms with Gasteiger partial charge in [0.15, 0.2) is 0 Å². The Hall–Kier alpha value is -2.60. The lowest BCUT2D eigenvalue weighted by Crippen LogP contribution is -1.97. The third kappa shape index (κ3) is 2.48. The van der Waals surface area contributed by atoms with Crippen molar-refractivity contribution in [2.75, 3.05) is 12.4 Å². The summed E-state index contributed by atoms with van der Waals surface area (Å²) in [6.07, 6.45) is 1.69. The molecule has 1 heterocycles. The van der Waals surface area contributed by atoms with Crippen LogP contribution >= 0.6 is 11.8 Å². The summed E-state index contributed by atoms with van der Waals surface area (Å²) in [5.74, 6) is -0.0408. The van der Waals surface area contributed by atoms with E-state index in [9.17, 15) is 14.9 Å². The van der Waals surface area contributed by atoms with Crippen molar-refractivity contribution in [1.82, 2.24) is 0 Å². The lowest BCUT2D eigenvalue weighted by Gasteiger charge is -2.03. The Morgan fingerprint density at radius 3 is 2.68 bits per heavy atom. The van der Waals surface area contributed by atoms with Gasteiger partial charge in [0.05, 0.1) is 9.83 Å². The van der Waals surface area contributed by atoms with Crippen molar-refractivity contribution in [2.45, 2.75) is 4.90 Å². The number of nitro groups is 1. The first-order chi connectivity index (χ1) is 10.6. The highest BCUT2D eigenvalue weighted by Gasteiger charge is 2.25. The zero-order chi connectivity index (χ0) is 15.7. The summed E-state index contributed by atoms with van der Waals surface area (Å²) in [6, 6.07) is 12.3. The number of Topliss-reactive ketones (excluding diaryl/α,β-unsaturated/α-hetero) is 1. The summed E-state index contributed by atoms with van der Waals surface area (Å²) in [5.41, 5.74) is 1.75. The molecule has 0 atom stereocenters. The van der Waals surface area contributed by atoms with E-state index in [1.54, 1.807) is 31.3 Å². The highest BCUT2D eigenvalue weighted by Crippen LogP contribution is 2.41. The fourth-order valence-corrected chi connectivity index (χ4v) is 3.34. The molecule has 2 aromatic rings. The molecule has 0 aliphatic carbocycles. The number of ketones is 1. The minimum atomic E-state index is -0.438. The number of carbonyl (C=O) groups is 1. The topological polar surface area (TPSA) is 72.2 Å². The van der Waals surface area contributed by atoms with Gasteiger partial charge in [0.2, 0.25) is 5.78 Å². The average Bonchev–Trinajstić information content (AvgIpc) is 2.84. The number of benzene rings is 2. The number of anilines is 1. The first-order valence-corrected chi connectivity index (χ1v) is 7.41. The first kappa shape index (κ1) is 14.3. The molecule has 0 radical (unpaired) electrons. The van der Waals surface area contributed by atoms with Crippen LogP contribution in [0.5, 0.6) is 0 Å². The minimum Gasteiger partial charge on any atom is -0.383 e. The van der Waals surface area contributed by atoms with Gasteiger partial charge >= 0.3 is 0 Å². The van der Waals surface area contributed by atoms with Gasteiger partial charge in [0.25, 0.3) is 5.69 Å². The Bertz CT molecular complexity index is 815. The van der Waals surface area contributed by atoms with Crippen LogP contribution in [0.1, 0.15) is 15.9 Å². The van der Waals surface area contributed by atoms with Crippen LogP contribution in [0.2, 0.25) is 0 Å². The lowest BCUT2D eigenvalue weighted by atomic mass is 10.1. The molecule has 0 fully saturated rings. The number of allylic oxidation sites excluding steroid dienone is 1. The van der Waals surface area contributed by atoms with Crippen LogP contribution in [-0.2, 0) is 0 Å². The molecular weight excluding hydrogens is 300 g/mol. The number of thioether (sulfide) groups is 1. The second-order valence-electron chi connectivity index (χ2n) is 4.72. The molecule has 1 N–H and O–H groups in total. The number of nitrogens with one attached hydrogen (secondary N) is 1. The summed E-state index contributed by atoms with van der Waals surface area (Å²) >= 11 is 1.39. The Morgan fingerprint density at radius 2 is 2.00 bits per heavy atom. The zero-order valence-electron chi connectivity index (χ0n) is 11.7. The van der Waals surface area contributed by atoms with E-state index >= 15 is 0 Å². The molecule has 0 bridgehead atoms. The van der Waals surface area contributed by atoms with E-state index < -0.39 is 4.92 Å². The van der Waals surface area contributed by atoms with Crippen LogP contribution in [0, 0.1) is 10.1 Å². The molecule has 0 unspecified atom stereocenters. The molecule has 0 amide bonds. The van der Waals surface area contributed by atoms with Gasteiger partial charge in [0, 0.05) is 23.6 Å². The molecule has 110 valence electrons. The summed E-state index contributed by atoms with van der Waals surface area (Å²) in [7, 11) is 1.63. The van der Waals surface area contributed by atoms with Crippen LogP contribution < -0.4 is 5.32 Å². The van der Waals surface area contributed by atoms with E-state index in [0.717, 1.165) is 4.90 Å². The largest absolute Gasteiger partial charge is 0.383 e. The number of rotatable bonds is 3. The Morgan fingerprint density at radius 1 is 1.23 bits per heavy atom. The first-order valence-electron chi connectivity index (χ1n) is 6.59. The van der Waals surface area contributed by atoms with E-state index in [-0.39, 0.29) is 11.5 Å². The normalized spacial score (nSPS) is 15.0. The summed E-state index contributed by atoms with van der Waals surface area (Å²) in [4.78, 5) is 24.4. The predicted molar refractivity (Wildman–Crippen MR) is 87.2 cm³/mol. The number of carbonyl (C=O) groups excluding carboxylic acids is 1. The van der Waals surface area contributed by atoms with Gasteiger partial charge in [-0.3, -0.25) is 14.9 Å². The van der Waals surface area contributed by atoms with Crippen LogP contribution in [0.25, 0.3) is 6.08 Å². The SMILES string of the molecule is CNc1ccc(/C=C2/Sc3ccccc3C2=O)cc1[N+](=O)[O-]. The number of fused-ring (bicyclic) bond motifs is 1. The number of hydrogen-bond donors (Lipinski definition) is 1. The van der Waals surface area contributed by atoms with Crippen molar-refractivity contribution in [3.8, 4) is 0 Å². The van der Waals surface area contributed by atoms with E-state index in [0.29, 0.717) is 21.7 Å². The maximum atomic E-state index is 12.3. The highest BCUT2D eigenvalue weighted by molar-refractivity contribution is 8.04. The molecule has 1 aliphatic rings. The second kappa shape index (κ2) is 5.65. The maximum absolute atomic E-state index is 12.3. The molecule has 6 heteroatoms. The van der Waals surface area contributed by atoms with Crippen LogP contribution in [-0.4, -0.2) is 17.8 Å². The molecule has 22 heavy (non-hydrogen) atoms. The average molecular weight is 312 g/mol. The second-order valence-corrected chi connectivity index (χ2v) is 5.80. The zero-order valence-corrected chi connectivity index (χ0v) is 12.5. The number of hydrogen-bond acceptors (Lipinski definition) is 5. The Balaban J connectivity index is 1.99. The molecule has 1 aliphatic heterocycles. The van der Waals surface area contributed by atoms with E-state index in [1.807, 2.05) is 18.2 Å². The van der Waals surface area contributed by atoms with Gasteiger partial charge in [-0.05, 0) is 29.8 Å². The van der Waals surface area contributed by atoms with E-state index in [4.69, 9.17) is 0 Å². The van der Waals surface area contributed by atoms with Gasteiger partial charge in [0.1, 0.15) is 5.69 Å². The monoisotopic (exact) mass is 312 g/mol. The van der Waals surface area contributed by atoms with E-state index in [1.165, 1.54) is 17.8 Å². The Kier molecular flexibility index (Phi) is 3.68. The van der Waals surface area contributed by atoms with Crippen LogP contribution in [0.3, 0.4) is 0 Å². The van der Waals surface area contributed by atoms with Crippen molar-refractivity contribution in [2.24, 2.45) is 0 Å². The summed E-state index contributed by atoms with van der Waals surface area (Å²) < 4.78 is 0. The maximum Gasteiger partial charge on any atom is 0.292 e. The molecule has 0 saturated carbocycles. The summed E-state index contributed by atoms with van der Waals surface area (Å²) in [5, 5.41) is 13.9. The molecule has 0 spiro atoms. The van der Waals surface area contributed by atoms with Crippen molar-refractivity contribution in [3.63, 3.8) is 0 Å². The quantitative estimate of drug-likeness (QED) is 0.527. The molecule has 5 nitrogen and oxygen atoms in total. The summed E-state index contributed by atoms with van der Waals surface area (Å²) in [6.45, 7) is 0. The van der Waals surface area contributed by atoms with Gasteiger partial charge < -0.3 is 5.32 Å². The van der Waals surface area contributed by atoms with Crippen molar-refractivity contribution >= 4 is 35.0 Å². The van der Waals surface area contributed by atoms with Crippen LogP contribution in [0.15, 0.2) is 52.3 Å². The fourth-order valence-electron chi connectivity index (χ4n) is 2.29. The fraction of sp³-hybridized carbons (Fsp3) is 0.0625. The third-order valence-corrected chi connectivity index (χ3v) is 4.46. The van der Waals surface area contributed by atoms with Gasteiger partial charge in [-0.25, -0.2) is 0 Å². The molecule has 0 aromatic heterocycles. The molecule has 2 aromatic carbocycles. The van der Waals surface area contributed by atoms with Gasteiger partial charge in [-0.2, -0.15) is 0 Å². The number of nitro benzene ring substituents is 1. The van der Waals surface area contributed by atoms with Crippen molar-refractivity contribution < 1.29 is 9.72 Å². The molecule has 0 saturated heterocycles. The van der Waals surface area contributed by atoms with E-state index in [2.05, 4.69) is 5.32 Å². The molecule has 3 rings (SSSR count). The standard InChI is InChI=1S/C16H12N2O3S/c1-17-12-7-6-10(8-13(12)18(20)21)9-15-16(19)11-4-2-3-5-14(11)22-15/h2-9,17H,1H3/b15-9+. The molecular formula is C16H12N2O3S. The van der Waals surface area contributed by atoms with Gasteiger partial charge in [-0.1, -0.05) is 30.0 Å². The smallest absolute Gasteiger partial charge is 0.292 e. The lowest BCUT2D eigenvalue weighted by molar-refractivity contribution is -0.383. The van der Waals surface area contributed by atoms with Crippen molar-refractivity contribution in [1.29, 1.82) is 0 Å². The number of nitrogens with zero attached hydrogens (tertiary/aromatic N) is 1. The Labute approximate surface area is 131 Å². The minimum absolute atomic E-state index is 0.00944. The third-order valence-electron chi connectivity index (χ3n) is 3.36. The highest BCUT2D eigenvalue weighted by atomic mass is 32.2. The van der Waals surface area contributed by atoms with Crippen LogP contribution in [0.4, 0.5) is 11.4 Å².